The number of esters is 1. The molecule has 6 heteroatoms. The van der Waals surface area contributed by atoms with Crippen molar-refractivity contribution in [1.82, 2.24) is 0 Å². The molecule has 0 aliphatic carbocycles. The number of rotatable bonds is 4. The molecule has 0 bridgehead atoms. The standard InChI is InChI=1S/C18H18N2O4/c1-10-11(2)23-12(3)16(10)18(22)24-13(4)17(21)20-15-7-5-14(9-19)6-8-15/h5-8,13H,1-4H3,(H,20,21)/t13-/m0/s1. The van der Waals surface area contributed by atoms with Crippen molar-refractivity contribution in [2.45, 2.75) is 33.8 Å². The SMILES string of the molecule is Cc1oc(C)c(C(=O)O[C@@H](C)C(=O)Nc2ccc(C#N)cc2)c1C. The number of hydrogen-bond donors (Lipinski definition) is 1. The fourth-order valence-corrected chi connectivity index (χ4v) is 2.24. The van der Waals surface area contributed by atoms with E-state index < -0.39 is 18.0 Å². The van der Waals surface area contributed by atoms with Crippen molar-refractivity contribution in [3.63, 3.8) is 0 Å². The molecule has 0 saturated heterocycles. The molecule has 2 rings (SSSR count). The molecule has 0 unspecified atom stereocenters. The molecule has 0 radical (unpaired) electrons. The predicted octanol–water partition coefficient (Wildman–Crippen LogP) is 3.26. The number of carbonyl (C=O) groups excluding carboxylic acids is 2. The summed E-state index contributed by atoms with van der Waals surface area (Å²) in [4.78, 5) is 24.4. The maximum Gasteiger partial charge on any atom is 0.342 e. The summed E-state index contributed by atoms with van der Waals surface area (Å²) in [5, 5.41) is 11.4. The minimum atomic E-state index is -0.970. The van der Waals surface area contributed by atoms with E-state index in [0.717, 1.165) is 0 Å². The molecule has 0 aliphatic heterocycles. The number of aryl methyl sites for hydroxylation is 2. The minimum Gasteiger partial charge on any atom is -0.465 e. The van der Waals surface area contributed by atoms with Gasteiger partial charge in [-0.05, 0) is 52.0 Å². The van der Waals surface area contributed by atoms with Crippen LogP contribution in [0.4, 0.5) is 5.69 Å². The van der Waals surface area contributed by atoms with E-state index in [1.54, 1.807) is 45.0 Å². The van der Waals surface area contributed by atoms with Gasteiger partial charge < -0.3 is 14.5 Å². The van der Waals surface area contributed by atoms with Crippen LogP contribution in [0, 0.1) is 32.1 Å². The maximum atomic E-state index is 12.3. The highest BCUT2D eigenvalue weighted by molar-refractivity contribution is 5.98. The zero-order valence-corrected chi connectivity index (χ0v) is 14.0. The van der Waals surface area contributed by atoms with Crippen molar-refractivity contribution >= 4 is 17.6 Å². The molecule has 1 amide bonds. The molecule has 1 aromatic heterocycles. The van der Waals surface area contributed by atoms with Crippen LogP contribution < -0.4 is 5.32 Å². The molecular weight excluding hydrogens is 308 g/mol. The fraction of sp³-hybridized carbons (Fsp3) is 0.278. The Morgan fingerprint density at radius 3 is 2.29 bits per heavy atom. The summed E-state index contributed by atoms with van der Waals surface area (Å²) in [6.07, 6.45) is -0.970. The van der Waals surface area contributed by atoms with Gasteiger partial charge in [-0.2, -0.15) is 5.26 Å². The molecule has 1 N–H and O–H groups in total. The molecule has 0 spiro atoms. The Morgan fingerprint density at radius 1 is 1.17 bits per heavy atom. The van der Waals surface area contributed by atoms with Crippen LogP contribution >= 0.6 is 0 Å². The van der Waals surface area contributed by atoms with Crippen molar-refractivity contribution < 1.29 is 18.7 Å². The molecule has 0 saturated carbocycles. The van der Waals surface area contributed by atoms with E-state index >= 15 is 0 Å². The normalized spacial score (nSPS) is 11.5. The van der Waals surface area contributed by atoms with Crippen LogP contribution in [0.5, 0.6) is 0 Å². The quantitative estimate of drug-likeness (QED) is 0.871. The van der Waals surface area contributed by atoms with Crippen LogP contribution in [-0.2, 0) is 9.53 Å². The highest BCUT2D eigenvalue weighted by Crippen LogP contribution is 2.22. The lowest BCUT2D eigenvalue weighted by Gasteiger charge is -2.13. The van der Waals surface area contributed by atoms with E-state index in [2.05, 4.69) is 5.32 Å². The van der Waals surface area contributed by atoms with Crippen molar-refractivity contribution in [3.05, 3.63) is 52.5 Å². The Balaban J connectivity index is 2.03. The summed E-state index contributed by atoms with van der Waals surface area (Å²) in [5.41, 5.74) is 2.07. The summed E-state index contributed by atoms with van der Waals surface area (Å²) < 4.78 is 10.6. The first-order valence-electron chi connectivity index (χ1n) is 7.42. The smallest absolute Gasteiger partial charge is 0.342 e. The Hall–Kier alpha value is -3.07. The van der Waals surface area contributed by atoms with Crippen LogP contribution in [-0.4, -0.2) is 18.0 Å². The number of furan rings is 1. The van der Waals surface area contributed by atoms with Gasteiger partial charge in [-0.1, -0.05) is 0 Å². The lowest BCUT2D eigenvalue weighted by atomic mass is 10.1. The molecule has 124 valence electrons. The van der Waals surface area contributed by atoms with Gasteiger partial charge in [-0.25, -0.2) is 4.79 Å². The highest BCUT2D eigenvalue weighted by atomic mass is 16.5. The minimum absolute atomic E-state index is 0.352. The van der Waals surface area contributed by atoms with Crippen LogP contribution in [0.15, 0.2) is 28.7 Å². The number of nitrogens with zero attached hydrogens (tertiary/aromatic N) is 1. The first-order chi connectivity index (χ1) is 11.3. The largest absolute Gasteiger partial charge is 0.465 e. The van der Waals surface area contributed by atoms with E-state index in [1.807, 2.05) is 6.07 Å². The Labute approximate surface area is 140 Å². The van der Waals surface area contributed by atoms with E-state index in [9.17, 15) is 9.59 Å². The summed E-state index contributed by atoms with van der Waals surface area (Å²) in [7, 11) is 0. The number of ether oxygens (including phenoxy) is 1. The summed E-state index contributed by atoms with van der Waals surface area (Å²) in [5.74, 6) is 0.0664. The number of nitrogens with one attached hydrogen (secondary N) is 1. The second-order valence-corrected chi connectivity index (χ2v) is 5.44. The van der Waals surface area contributed by atoms with Gasteiger partial charge in [0.1, 0.15) is 17.1 Å². The molecule has 24 heavy (non-hydrogen) atoms. The lowest BCUT2D eigenvalue weighted by Crippen LogP contribution is -2.30. The predicted molar refractivity (Wildman–Crippen MR) is 87.6 cm³/mol. The molecule has 0 aliphatic rings. The first-order valence-corrected chi connectivity index (χ1v) is 7.42. The highest BCUT2D eigenvalue weighted by Gasteiger charge is 2.24. The van der Waals surface area contributed by atoms with Crippen molar-refractivity contribution in [2.75, 3.05) is 5.32 Å². The molecule has 6 nitrogen and oxygen atoms in total. The van der Waals surface area contributed by atoms with Gasteiger partial charge in [-0.15, -0.1) is 0 Å². The van der Waals surface area contributed by atoms with Gasteiger partial charge in [0.05, 0.1) is 11.6 Å². The van der Waals surface area contributed by atoms with Crippen molar-refractivity contribution in [2.24, 2.45) is 0 Å². The number of carbonyl (C=O) groups is 2. The van der Waals surface area contributed by atoms with Gasteiger partial charge in [0.15, 0.2) is 6.10 Å². The molecular formula is C18H18N2O4. The number of anilines is 1. The zero-order valence-electron chi connectivity index (χ0n) is 14.0. The molecule has 0 fully saturated rings. The maximum absolute atomic E-state index is 12.3. The van der Waals surface area contributed by atoms with E-state index in [4.69, 9.17) is 14.4 Å². The fourth-order valence-electron chi connectivity index (χ4n) is 2.24. The van der Waals surface area contributed by atoms with E-state index in [0.29, 0.717) is 33.9 Å². The zero-order chi connectivity index (χ0) is 17.9. The lowest BCUT2D eigenvalue weighted by molar-refractivity contribution is -0.123. The number of nitriles is 1. The Bertz CT molecular complexity index is 813. The third kappa shape index (κ3) is 3.63. The summed E-state index contributed by atoms with van der Waals surface area (Å²) in [6.45, 7) is 6.70. The molecule has 1 aromatic carbocycles. The Morgan fingerprint density at radius 2 is 1.79 bits per heavy atom. The Kier molecular flexibility index (Phi) is 5.05. The van der Waals surface area contributed by atoms with Gasteiger partial charge >= 0.3 is 5.97 Å². The number of hydrogen-bond acceptors (Lipinski definition) is 5. The summed E-state index contributed by atoms with van der Waals surface area (Å²) in [6, 6.07) is 8.40. The van der Waals surface area contributed by atoms with Crippen LogP contribution in [0.1, 0.15) is 39.9 Å². The number of benzene rings is 1. The van der Waals surface area contributed by atoms with Crippen molar-refractivity contribution in [3.8, 4) is 6.07 Å². The van der Waals surface area contributed by atoms with E-state index in [-0.39, 0.29) is 0 Å². The molecule has 1 atom stereocenters. The van der Waals surface area contributed by atoms with Gasteiger partial charge in [0.2, 0.25) is 0 Å². The second kappa shape index (κ2) is 7.01. The topological polar surface area (TPSA) is 92.3 Å². The molecule has 1 heterocycles. The third-order valence-corrected chi connectivity index (χ3v) is 3.70. The van der Waals surface area contributed by atoms with Gasteiger partial charge in [0, 0.05) is 11.3 Å². The monoisotopic (exact) mass is 326 g/mol. The first kappa shape index (κ1) is 17.3. The van der Waals surface area contributed by atoms with Crippen LogP contribution in [0.3, 0.4) is 0 Å². The molecule has 2 aromatic rings. The average Bonchev–Trinajstić information content (AvgIpc) is 2.80. The second-order valence-electron chi connectivity index (χ2n) is 5.44. The van der Waals surface area contributed by atoms with Gasteiger partial charge in [-0.3, -0.25) is 4.79 Å². The summed E-state index contributed by atoms with van der Waals surface area (Å²) >= 11 is 0. The van der Waals surface area contributed by atoms with Gasteiger partial charge in [0.25, 0.3) is 5.91 Å². The van der Waals surface area contributed by atoms with Crippen molar-refractivity contribution in [1.29, 1.82) is 5.26 Å². The van der Waals surface area contributed by atoms with Crippen LogP contribution in [0.2, 0.25) is 0 Å². The third-order valence-electron chi connectivity index (χ3n) is 3.70. The van der Waals surface area contributed by atoms with Crippen LogP contribution in [0.25, 0.3) is 0 Å². The number of amides is 1. The average molecular weight is 326 g/mol. The van der Waals surface area contributed by atoms with E-state index in [1.165, 1.54) is 6.92 Å².